The maximum Gasteiger partial charge on any atom is 0.0488 e. The number of para-hydroxylation sites is 6. The normalized spacial score (nSPS) is 9.57. The molecule has 0 atom stereocenters. The molecule has 1 aliphatic rings. The van der Waals surface area contributed by atoms with Gasteiger partial charge < -0.3 is 14.4 Å². The van der Waals surface area contributed by atoms with E-state index in [0.29, 0.717) is 5.92 Å². The number of aromatic nitrogens is 1. The number of benzene rings is 6. The first-order chi connectivity index (χ1) is 29.5. The Bertz CT molecular complexity index is 1790. The zero-order chi connectivity index (χ0) is 46.5. The van der Waals surface area contributed by atoms with E-state index in [0.717, 1.165) is 0 Å². The van der Waals surface area contributed by atoms with Crippen molar-refractivity contribution in [3.8, 4) is 0 Å². The lowest BCUT2D eigenvalue weighted by atomic mass is 9.86. The molecule has 2 heterocycles. The van der Waals surface area contributed by atoms with Crippen molar-refractivity contribution in [2.75, 3.05) is 23.9 Å². The summed E-state index contributed by atoms with van der Waals surface area (Å²) in [6.07, 6.45) is 0. The van der Waals surface area contributed by atoms with Gasteiger partial charge in [-0.2, -0.15) is 0 Å². The van der Waals surface area contributed by atoms with Gasteiger partial charge in [-0.25, -0.2) is 0 Å². The van der Waals surface area contributed by atoms with E-state index in [4.69, 9.17) is 0 Å². The molecule has 0 aliphatic carbocycles. The van der Waals surface area contributed by atoms with Crippen LogP contribution in [-0.4, -0.2) is 18.7 Å². The second kappa shape index (κ2) is 38.0. The molecule has 6 aromatic carbocycles. The monoisotopic (exact) mass is 814 g/mol. The lowest BCUT2D eigenvalue weighted by Gasteiger charge is -2.33. The van der Waals surface area contributed by atoms with Gasteiger partial charge >= 0.3 is 0 Å². The average molecular weight is 814 g/mol. The van der Waals surface area contributed by atoms with E-state index in [1.54, 1.807) is 0 Å². The van der Waals surface area contributed by atoms with Crippen LogP contribution in [0.1, 0.15) is 135 Å². The second-order valence-electron chi connectivity index (χ2n) is 11.2. The quantitative estimate of drug-likeness (QED) is 0.172. The minimum Gasteiger partial charge on any atom is -0.345 e. The van der Waals surface area contributed by atoms with Crippen LogP contribution in [0.15, 0.2) is 158 Å². The molecule has 0 N–H and O–H groups in total. The average Bonchev–Trinajstić information content (AvgIpc) is 3.67. The summed E-state index contributed by atoms with van der Waals surface area (Å²) < 4.78 is 2.24. The fourth-order valence-corrected chi connectivity index (χ4v) is 6.19. The number of rotatable bonds is 2. The first-order valence-corrected chi connectivity index (χ1v) is 23.2. The summed E-state index contributed by atoms with van der Waals surface area (Å²) in [5.74, 6) is 0.489. The highest BCUT2D eigenvalue weighted by molar-refractivity contribution is 6.07. The highest BCUT2D eigenvalue weighted by atomic mass is 15.1. The summed E-state index contributed by atoms with van der Waals surface area (Å²) >= 11 is 0. The van der Waals surface area contributed by atoms with Gasteiger partial charge in [0.25, 0.3) is 0 Å². The van der Waals surface area contributed by atoms with E-state index in [1.165, 1.54) is 55.7 Å². The maximum absolute atomic E-state index is 2.28. The molecule has 330 valence electrons. The Balaban J connectivity index is -0.000000696. The molecule has 0 radical (unpaired) electrons. The molecule has 7 aromatic rings. The number of fused-ring (bicyclic) bond motifs is 5. The van der Waals surface area contributed by atoms with Gasteiger partial charge in [0.2, 0.25) is 0 Å². The molecule has 0 bridgehead atoms. The molecule has 3 heteroatoms. The summed E-state index contributed by atoms with van der Waals surface area (Å²) in [5, 5.41) is 2.68. The summed E-state index contributed by atoms with van der Waals surface area (Å²) in [6.45, 7) is 34.3. The van der Waals surface area contributed by atoms with Gasteiger partial charge in [0.05, 0.1) is 0 Å². The summed E-state index contributed by atoms with van der Waals surface area (Å²) in [7, 11) is 6.33. The molecule has 1 aliphatic heterocycles. The molecule has 0 saturated carbocycles. The highest BCUT2D eigenvalue weighted by Crippen LogP contribution is 2.43. The molecule has 1 aromatic heterocycles. The van der Waals surface area contributed by atoms with Gasteiger partial charge in [-0.3, -0.25) is 0 Å². The third-order valence-corrected chi connectivity index (χ3v) is 8.64. The van der Waals surface area contributed by atoms with Crippen molar-refractivity contribution in [2.45, 2.75) is 124 Å². The minimum absolute atomic E-state index is 0.489. The third-order valence-electron chi connectivity index (χ3n) is 8.64. The van der Waals surface area contributed by atoms with Crippen molar-refractivity contribution in [1.82, 2.24) is 4.57 Å². The molecular weight excluding hydrogens is 727 g/mol. The van der Waals surface area contributed by atoms with E-state index in [1.807, 2.05) is 123 Å². The van der Waals surface area contributed by atoms with Crippen LogP contribution in [0.3, 0.4) is 0 Å². The van der Waals surface area contributed by atoms with E-state index >= 15 is 0 Å². The van der Waals surface area contributed by atoms with Crippen molar-refractivity contribution in [2.24, 2.45) is 7.05 Å². The minimum atomic E-state index is 0.489. The fourth-order valence-electron chi connectivity index (χ4n) is 6.19. The zero-order valence-electron chi connectivity index (χ0n) is 41.9. The first kappa shape index (κ1) is 59.0. The predicted molar refractivity (Wildman–Crippen MR) is 281 cm³/mol. The van der Waals surface area contributed by atoms with Gasteiger partial charge in [0.15, 0.2) is 0 Å². The Morgan fingerprint density at radius 3 is 0.950 bits per heavy atom. The van der Waals surface area contributed by atoms with Crippen molar-refractivity contribution in [1.29, 1.82) is 0 Å². The standard InChI is InChI=1S/C15H15N.C13H11N.C13H13N.8C2H6/c1-11-12-7-3-5-9-14(12)16(2)15-10-6-4-8-13(11)15;1-14-12-8-4-2-6-10(12)11-7-3-5-9-13(11)14;1-14(12-8-4-2-5-9-12)13-10-6-3-7-11-13;8*1-2/h3-11H,1-2H3;2-9H,1H3;2-11H,1H3;8*1-2H3. The van der Waals surface area contributed by atoms with Crippen LogP contribution in [0.25, 0.3) is 21.8 Å². The first-order valence-electron chi connectivity index (χ1n) is 23.2. The van der Waals surface area contributed by atoms with Gasteiger partial charge in [-0.05, 0) is 59.7 Å². The number of anilines is 4. The van der Waals surface area contributed by atoms with E-state index in [-0.39, 0.29) is 0 Å². The fraction of sp³-hybridized carbons (Fsp3) is 0.368. The topological polar surface area (TPSA) is 11.4 Å². The number of hydrogen-bond acceptors (Lipinski definition) is 2. The smallest absolute Gasteiger partial charge is 0.0488 e. The van der Waals surface area contributed by atoms with Crippen LogP contribution in [0, 0.1) is 0 Å². The Morgan fingerprint density at radius 2 is 0.617 bits per heavy atom. The van der Waals surface area contributed by atoms with Crippen LogP contribution < -0.4 is 9.80 Å². The largest absolute Gasteiger partial charge is 0.345 e. The van der Waals surface area contributed by atoms with E-state index in [9.17, 15) is 0 Å². The van der Waals surface area contributed by atoms with Crippen molar-refractivity contribution in [3.63, 3.8) is 0 Å². The van der Waals surface area contributed by atoms with Crippen LogP contribution in [0.2, 0.25) is 0 Å². The molecule has 0 saturated heterocycles. The molecule has 60 heavy (non-hydrogen) atoms. The summed E-state index contributed by atoms with van der Waals surface area (Å²) in [6, 6.07) is 55.0. The maximum atomic E-state index is 2.28. The van der Waals surface area contributed by atoms with Crippen LogP contribution in [0.5, 0.6) is 0 Å². The number of nitrogens with zero attached hydrogens (tertiary/aromatic N) is 3. The van der Waals surface area contributed by atoms with Gasteiger partial charge in [-0.1, -0.05) is 227 Å². The summed E-state index contributed by atoms with van der Waals surface area (Å²) in [5.41, 5.74) is 10.5. The lowest BCUT2D eigenvalue weighted by molar-refractivity contribution is 0.882. The molecule has 0 fully saturated rings. The molecule has 0 unspecified atom stereocenters. The van der Waals surface area contributed by atoms with E-state index in [2.05, 4.69) is 188 Å². The zero-order valence-corrected chi connectivity index (χ0v) is 41.9. The molecule has 3 nitrogen and oxygen atoms in total. The Labute approximate surface area is 371 Å². The van der Waals surface area contributed by atoms with Crippen LogP contribution in [-0.2, 0) is 7.05 Å². The Morgan fingerprint density at radius 1 is 0.350 bits per heavy atom. The molecule has 0 spiro atoms. The Hall–Kier alpha value is -5.28. The van der Waals surface area contributed by atoms with E-state index < -0.39 is 0 Å². The highest BCUT2D eigenvalue weighted by Gasteiger charge is 2.24. The molecule has 8 rings (SSSR count). The third kappa shape index (κ3) is 17.1. The number of hydrogen-bond donors (Lipinski definition) is 0. The van der Waals surface area contributed by atoms with Crippen LogP contribution in [0.4, 0.5) is 22.7 Å². The second-order valence-corrected chi connectivity index (χ2v) is 11.2. The van der Waals surface area contributed by atoms with Crippen LogP contribution >= 0.6 is 0 Å². The van der Waals surface area contributed by atoms with Gasteiger partial charge in [0.1, 0.15) is 0 Å². The lowest BCUT2D eigenvalue weighted by Crippen LogP contribution is -2.20. The number of aryl methyl sites for hydroxylation is 1. The van der Waals surface area contributed by atoms with Crippen molar-refractivity contribution < 1.29 is 0 Å². The summed E-state index contributed by atoms with van der Waals surface area (Å²) in [4.78, 5) is 4.45. The van der Waals surface area contributed by atoms with Crippen molar-refractivity contribution in [3.05, 3.63) is 169 Å². The van der Waals surface area contributed by atoms with Gasteiger partial charge in [0, 0.05) is 71.6 Å². The van der Waals surface area contributed by atoms with Crippen molar-refractivity contribution >= 4 is 44.6 Å². The SMILES string of the molecule is CC.CC.CC.CC.CC.CC.CC.CC.CC1c2ccccc2N(C)c2ccccc21.CN(c1ccccc1)c1ccccc1.Cn1c2ccccc2c2ccccc21. The molecular formula is C57H87N3. The molecule has 0 amide bonds. The Kier molecular flexibility index (Phi) is 37.3. The predicted octanol–water partition coefficient (Wildman–Crippen LogP) is 18.9. The van der Waals surface area contributed by atoms with Gasteiger partial charge in [-0.15, -0.1) is 0 Å².